The molecule has 0 spiro atoms. The Balaban J connectivity index is 1.74. The van der Waals surface area contributed by atoms with Crippen molar-refractivity contribution in [3.63, 3.8) is 0 Å². The van der Waals surface area contributed by atoms with Gasteiger partial charge in [-0.3, -0.25) is 9.59 Å². The van der Waals surface area contributed by atoms with E-state index >= 15 is 0 Å². The van der Waals surface area contributed by atoms with Gasteiger partial charge in [0.25, 0.3) is 5.91 Å². The van der Waals surface area contributed by atoms with Crippen molar-refractivity contribution in [2.75, 3.05) is 19.8 Å². The van der Waals surface area contributed by atoms with Crippen molar-refractivity contribution in [3.8, 4) is 17.2 Å². The molecule has 0 aliphatic heterocycles. The number of hydrogen-bond donors (Lipinski definition) is 2. The second kappa shape index (κ2) is 20.9. The van der Waals surface area contributed by atoms with Crippen molar-refractivity contribution >= 4 is 24.0 Å². The van der Waals surface area contributed by atoms with Gasteiger partial charge in [0.15, 0.2) is 11.5 Å². The Kier molecular flexibility index (Phi) is 17.1. The number of hydrazone groups is 1. The fourth-order valence-electron chi connectivity index (χ4n) is 4.11. The molecule has 0 aromatic heterocycles. The molecule has 0 aliphatic carbocycles. The molecule has 0 fully saturated rings. The summed E-state index contributed by atoms with van der Waals surface area (Å²) >= 11 is 0. The van der Waals surface area contributed by atoms with E-state index in [1.165, 1.54) is 44.7 Å². The predicted molar refractivity (Wildman–Crippen MR) is 165 cm³/mol. The first-order chi connectivity index (χ1) is 20.5. The van der Waals surface area contributed by atoms with Crippen LogP contribution >= 0.6 is 0 Å². The van der Waals surface area contributed by atoms with Gasteiger partial charge in [0.2, 0.25) is 5.91 Å². The van der Waals surface area contributed by atoms with Crippen LogP contribution in [0.15, 0.2) is 47.6 Å². The number of carbonyl (C=O) groups is 3. The maximum atomic E-state index is 12.7. The first-order valence-electron chi connectivity index (χ1n) is 15.3. The summed E-state index contributed by atoms with van der Waals surface area (Å²) in [5.41, 5.74) is 3.42. The van der Waals surface area contributed by atoms with Crippen LogP contribution in [0.1, 0.15) is 107 Å². The highest BCUT2D eigenvalue weighted by atomic mass is 16.6. The van der Waals surface area contributed by atoms with Gasteiger partial charge < -0.3 is 19.5 Å². The normalized spacial score (nSPS) is 10.8. The van der Waals surface area contributed by atoms with Gasteiger partial charge in [-0.15, -0.1) is 0 Å². The van der Waals surface area contributed by atoms with Crippen LogP contribution in [0.3, 0.4) is 0 Å². The number of ether oxygens (including phenoxy) is 3. The third-order valence-electron chi connectivity index (χ3n) is 6.39. The number of benzene rings is 2. The molecule has 2 aromatic rings. The summed E-state index contributed by atoms with van der Waals surface area (Å²) in [5, 5.41) is 6.59. The predicted octanol–water partition coefficient (Wildman–Crippen LogP) is 6.58. The molecule has 42 heavy (non-hydrogen) atoms. The lowest BCUT2D eigenvalue weighted by atomic mass is 10.1. The van der Waals surface area contributed by atoms with Crippen LogP contribution in [-0.2, 0) is 9.59 Å². The molecule has 2 aromatic carbocycles. The van der Waals surface area contributed by atoms with Gasteiger partial charge in [-0.1, -0.05) is 65.2 Å². The molecule has 0 aliphatic rings. The molecule has 0 atom stereocenters. The van der Waals surface area contributed by atoms with Crippen molar-refractivity contribution in [3.05, 3.63) is 53.6 Å². The number of amides is 2. The fourth-order valence-corrected chi connectivity index (χ4v) is 4.11. The maximum Gasteiger partial charge on any atom is 0.343 e. The van der Waals surface area contributed by atoms with Crippen LogP contribution in [0.5, 0.6) is 17.2 Å². The van der Waals surface area contributed by atoms with Gasteiger partial charge in [0, 0.05) is 6.42 Å². The summed E-state index contributed by atoms with van der Waals surface area (Å²) in [6.07, 6.45) is 13.4. The standard InChI is InChI=1S/C33H47N3O6/c1-4-7-8-9-10-11-12-13-14-15-31(37)34-25-32(38)36-35-24-26-16-21-29(30(23-26)40-6-3)42-33(39)27-17-19-28(20-18-27)41-22-5-2/h16-21,23-24H,4-15,22,25H2,1-3H3,(H,34,37)(H,36,38)/b35-24-. The Hall–Kier alpha value is -3.88. The SMILES string of the molecule is CCCCCCCCCCCC(=O)NCC(=O)N/N=C\c1ccc(OC(=O)c2ccc(OCCC)cc2)c(OCC)c1. The van der Waals surface area contributed by atoms with E-state index in [4.69, 9.17) is 14.2 Å². The quantitative estimate of drug-likeness (QED) is 0.0566. The summed E-state index contributed by atoms with van der Waals surface area (Å²) in [4.78, 5) is 36.8. The van der Waals surface area contributed by atoms with E-state index in [1.54, 1.807) is 42.5 Å². The monoisotopic (exact) mass is 581 g/mol. The molecular weight excluding hydrogens is 534 g/mol. The van der Waals surface area contributed by atoms with Crippen molar-refractivity contribution in [1.29, 1.82) is 0 Å². The number of unbranched alkanes of at least 4 members (excludes halogenated alkanes) is 8. The van der Waals surface area contributed by atoms with Gasteiger partial charge in [-0.05, 0) is 67.8 Å². The Morgan fingerprint density at radius 2 is 1.45 bits per heavy atom. The van der Waals surface area contributed by atoms with E-state index in [1.807, 2.05) is 13.8 Å². The topological polar surface area (TPSA) is 115 Å². The molecule has 0 saturated carbocycles. The molecule has 9 heteroatoms. The number of hydrogen-bond acceptors (Lipinski definition) is 7. The van der Waals surface area contributed by atoms with E-state index < -0.39 is 11.9 Å². The van der Waals surface area contributed by atoms with Crippen molar-refractivity contribution in [2.24, 2.45) is 5.10 Å². The van der Waals surface area contributed by atoms with E-state index in [9.17, 15) is 14.4 Å². The van der Waals surface area contributed by atoms with E-state index in [0.717, 1.165) is 25.7 Å². The molecule has 0 heterocycles. The summed E-state index contributed by atoms with van der Waals surface area (Å²) in [6.45, 7) is 6.90. The summed E-state index contributed by atoms with van der Waals surface area (Å²) in [5.74, 6) is 0.247. The second-order valence-corrected chi connectivity index (χ2v) is 10.0. The van der Waals surface area contributed by atoms with Crippen LogP contribution < -0.4 is 25.0 Å². The largest absolute Gasteiger partial charge is 0.494 e. The molecule has 2 amide bonds. The summed E-state index contributed by atoms with van der Waals surface area (Å²) in [7, 11) is 0. The van der Waals surface area contributed by atoms with Gasteiger partial charge >= 0.3 is 5.97 Å². The van der Waals surface area contributed by atoms with Crippen LogP contribution in [-0.4, -0.2) is 43.8 Å². The molecule has 0 bridgehead atoms. The summed E-state index contributed by atoms with van der Waals surface area (Å²) < 4.78 is 16.8. The summed E-state index contributed by atoms with van der Waals surface area (Å²) in [6, 6.07) is 11.7. The zero-order valence-electron chi connectivity index (χ0n) is 25.4. The Labute approximate surface area is 250 Å². The number of carbonyl (C=O) groups excluding carboxylic acids is 3. The van der Waals surface area contributed by atoms with Crippen molar-refractivity contribution < 1.29 is 28.6 Å². The third-order valence-corrected chi connectivity index (χ3v) is 6.39. The molecule has 0 radical (unpaired) electrons. The number of esters is 1. The third kappa shape index (κ3) is 14.1. The Morgan fingerprint density at radius 3 is 2.12 bits per heavy atom. The molecule has 2 rings (SSSR count). The molecular formula is C33H47N3O6. The molecule has 9 nitrogen and oxygen atoms in total. The molecule has 0 unspecified atom stereocenters. The smallest absolute Gasteiger partial charge is 0.343 e. The van der Waals surface area contributed by atoms with Crippen LogP contribution in [0.4, 0.5) is 0 Å². The Bertz CT molecular complexity index is 1120. The highest BCUT2D eigenvalue weighted by molar-refractivity contribution is 5.92. The van der Waals surface area contributed by atoms with Gasteiger partial charge in [-0.25, -0.2) is 10.2 Å². The fraction of sp³-hybridized carbons (Fsp3) is 0.515. The highest BCUT2D eigenvalue weighted by Gasteiger charge is 2.14. The van der Waals surface area contributed by atoms with Crippen molar-refractivity contribution in [2.45, 2.75) is 91.4 Å². The van der Waals surface area contributed by atoms with Crippen molar-refractivity contribution in [1.82, 2.24) is 10.7 Å². The van der Waals surface area contributed by atoms with Crippen LogP contribution in [0.25, 0.3) is 0 Å². The first kappa shape index (κ1) is 34.3. The zero-order chi connectivity index (χ0) is 30.4. The van der Waals surface area contributed by atoms with Crippen LogP contribution in [0, 0.1) is 0 Å². The van der Waals surface area contributed by atoms with Crippen LogP contribution in [0.2, 0.25) is 0 Å². The van der Waals surface area contributed by atoms with E-state index in [2.05, 4.69) is 22.8 Å². The zero-order valence-corrected chi connectivity index (χ0v) is 25.4. The molecule has 0 saturated heterocycles. The van der Waals surface area contributed by atoms with Gasteiger partial charge in [0.1, 0.15) is 5.75 Å². The number of nitrogens with zero attached hydrogens (tertiary/aromatic N) is 1. The highest BCUT2D eigenvalue weighted by Crippen LogP contribution is 2.29. The Morgan fingerprint density at radius 1 is 0.762 bits per heavy atom. The number of nitrogens with one attached hydrogen (secondary N) is 2. The minimum Gasteiger partial charge on any atom is -0.494 e. The lowest BCUT2D eigenvalue weighted by Crippen LogP contribution is -2.34. The van der Waals surface area contributed by atoms with Gasteiger partial charge in [-0.2, -0.15) is 5.10 Å². The first-order valence-corrected chi connectivity index (χ1v) is 15.3. The second-order valence-electron chi connectivity index (χ2n) is 10.0. The molecule has 2 N–H and O–H groups in total. The maximum absolute atomic E-state index is 12.7. The minimum absolute atomic E-state index is 0.135. The van der Waals surface area contributed by atoms with E-state index in [0.29, 0.717) is 42.3 Å². The number of rotatable bonds is 21. The average Bonchev–Trinajstić information content (AvgIpc) is 2.99. The van der Waals surface area contributed by atoms with Gasteiger partial charge in [0.05, 0.1) is 31.5 Å². The van der Waals surface area contributed by atoms with E-state index in [-0.39, 0.29) is 18.2 Å². The molecule has 230 valence electrons. The lowest BCUT2D eigenvalue weighted by Gasteiger charge is -2.12. The lowest BCUT2D eigenvalue weighted by molar-refractivity contribution is -0.126. The average molecular weight is 582 g/mol. The minimum atomic E-state index is -0.522.